The van der Waals surface area contributed by atoms with Crippen molar-refractivity contribution in [2.45, 2.75) is 51.6 Å². The number of aromatic nitrogens is 2. The molecule has 0 bridgehead atoms. The Labute approximate surface area is 108 Å². The molecular weight excluding hydrogens is 228 g/mol. The average Bonchev–Trinajstić information content (AvgIpc) is 2.93. The minimum Gasteiger partial charge on any atom is -0.407 e. The zero-order valence-corrected chi connectivity index (χ0v) is 11.0. The van der Waals surface area contributed by atoms with E-state index in [2.05, 4.69) is 27.8 Å². The number of hydrogen-bond acceptors (Lipinski definition) is 5. The molecule has 2 aliphatic rings. The minimum atomic E-state index is 0.571. The first-order valence-corrected chi connectivity index (χ1v) is 7.09. The second-order valence-corrected chi connectivity index (χ2v) is 5.82. The van der Waals surface area contributed by atoms with E-state index < -0.39 is 0 Å². The summed E-state index contributed by atoms with van der Waals surface area (Å²) in [4.78, 5) is 0. The molecule has 2 unspecified atom stereocenters. The van der Waals surface area contributed by atoms with Crippen molar-refractivity contribution in [1.29, 1.82) is 0 Å². The van der Waals surface area contributed by atoms with Crippen molar-refractivity contribution in [2.75, 3.05) is 11.9 Å². The lowest BCUT2D eigenvalue weighted by Crippen LogP contribution is -2.15. The highest BCUT2D eigenvalue weighted by molar-refractivity contribution is 5.17. The minimum absolute atomic E-state index is 0.571. The molecule has 0 aliphatic heterocycles. The van der Waals surface area contributed by atoms with E-state index in [0.29, 0.717) is 24.5 Å². The van der Waals surface area contributed by atoms with Gasteiger partial charge in [-0.3, -0.25) is 0 Å². The molecule has 1 aromatic heterocycles. The van der Waals surface area contributed by atoms with Gasteiger partial charge in [-0.2, -0.15) is 0 Å². The molecule has 100 valence electrons. The van der Waals surface area contributed by atoms with Gasteiger partial charge in [0.25, 0.3) is 0 Å². The van der Waals surface area contributed by atoms with Gasteiger partial charge in [0.2, 0.25) is 5.89 Å². The highest BCUT2D eigenvalue weighted by atomic mass is 16.4. The zero-order chi connectivity index (χ0) is 12.4. The van der Waals surface area contributed by atoms with Crippen LogP contribution in [0.15, 0.2) is 4.42 Å². The molecular formula is C13H22N4O. The quantitative estimate of drug-likeness (QED) is 0.810. The normalized spacial score (nSPS) is 27.6. The van der Waals surface area contributed by atoms with Crippen LogP contribution in [0.4, 0.5) is 6.01 Å². The summed E-state index contributed by atoms with van der Waals surface area (Å²) in [5, 5.41) is 14.7. The molecule has 5 heteroatoms. The second-order valence-electron chi connectivity index (χ2n) is 5.82. The number of nitrogens with zero attached hydrogens (tertiary/aromatic N) is 2. The topological polar surface area (TPSA) is 63.0 Å². The van der Waals surface area contributed by atoms with Crippen molar-refractivity contribution in [3.63, 3.8) is 0 Å². The van der Waals surface area contributed by atoms with E-state index in [-0.39, 0.29) is 0 Å². The highest BCUT2D eigenvalue weighted by Crippen LogP contribution is 2.30. The Hall–Kier alpha value is -1.10. The van der Waals surface area contributed by atoms with Gasteiger partial charge in [-0.15, -0.1) is 5.10 Å². The lowest BCUT2D eigenvalue weighted by molar-refractivity contribution is 0.468. The highest BCUT2D eigenvalue weighted by Gasteiger charge is 2.22. The van der Waals surface area contributed by atoms with Crippen LogP contribution in [0, 0.1) is 11.8 Å². The Morgan fingerprint density at radius 3 is 2.83 bits per heavy atom. The van der Waals surface area contributed by atoms with E-state index >= 15 is 0 Å². The van der Waals surface area contributed by atoms with Gasteiger partial charge < -0.3 is 15.1 Å². The van der Waals surface area contributed by atoms with Crippen LogP contribution in [-0.2, 0) is 6.54 Å². The number of anilines is 1. The van der Waals surface area contributed by atoms with Gasteiger partial charge in [0, 0.05) is 12.6 Å². The number of hydrogen-bond donors (Lipinski definition) is 2. The molecule has 0 radical (unpaired) electrons. The lowest BCUT2D eigenvalue weighted by Gasteiger charge is -2.08. The van der Waals surface area contributed by atoms with Gasteiger partial charge >= 0.3 is 6.01 Å². The summed E-state index contributed by atoms with van der Waals surface area (Å²) in [5.41, 5.74) is 0. The largest absolute Gasteiger partial charge is 0.407 e. The smallest absolute Gasteiger partial charge is 0.315 e. The molecule has 1 aromatic rings. The van der Waals surface area contributed by atoms with Crippen LogP contribution in [-0.4, -0.2) is 22.8 Å². The second kappa shape index (κ2) is 5.26. The van der Waals surface area contributed by atoms with Crippen LogP contribution in [0.1, 0.15) is 44.9 Å². The third-order valence-electron chi connectivity index (χ3n) is 3.93. The summed E-state index contributed by atoms with van der Waals surface area (Å²) in [6.07, 6.45) is 6.54. The third-order valence-corrected chi connectivity index (χ3v) is 3.93. The average molecular weight is 250 g/mol. The molecule has 2 fully saturated rings. The summed E-state index contributed by atoms with van der Waals surface area (Å²) in [6.45, 7) is 3.98. The van der Waals surface area contributed by atoms with Crippen molar-refractivity contribution in [1.82, 2.24) is 15.5 Å². The fourth-order valence-corrected chi connectivity index (χ4v) is 2.66. The van der Waals surface area contributed by atoms with Crippen molar-refractivity contribution >= 4 is 6.01 Å². The Kier molecular flexibility index (Phi) is 3.50. The molecule has 2 saturated carbocycles. The van der Waals surface area contributed by atoms with Crippen molar-refractivity contribution < 1.29 is 4.42 Å². The molecule has 3 rings (SSSR count). The van der Waals surface area contributed by atoms with Gasteiger partial charge in [0.1, 0.15) is 0 Å². The zero-order valence-electron chi connectivity index (χ0n) is 11.0. The molecule has 0 aromatic carbocycles. The molecule has 2 aliphatic carbocycles. The van der Waals surface area contributed by atoms with E-state index in [1.165, 1.54) is 32.1 Å². The Balaban J connectivity index is 1.41. The lowest BCUT2D eigenvalue weighted by atomic mass is 10.1. The number of nitrogens with one attached hydrogen (secondary N) is 2. The van der Waals surface area contributed by atoms with Crippen molar-refractivity contribution in [3.05, 3.63) is 5.89 Å². The standard InChI is InChI=1S/C13H22N4O/c1-9-2-3-10(6-9)7-15-13-17-16-12(18-13)8-14-11-4-5-11/h9-11,14H,2-8H2,1H3,(H,15,17). The van der Waals surface area contributed by atoms with Crippen molar-refractivity contribution in [2.24, 2.45) is 11.8 Å². The monoisotopic (exact) mass is 250 g/mol. The fraction of sp³-hybridized carbons (Fsp3) is 0.846. The van der Waals surface area contributed by atoms with Gasteiger partial charge in [0.05, 0.1) is 6.54 Å². The first kappa shape index (κ1) is 12.0. The predicted molar refractivity (Wildman–Crippen MR) is 69.2 cm³/mol. The van der Waals surface area contributed by atoms with Crippen LogP contribution >= 0.6 is 0 Å². The van der Waals surface area contributed by atoms with Crippen LogP contribution < -0.4 is 10.6 Å². The maximum absolute atomic E-state index is 5.55. The SMILES string of the molecule is CC1CCC(CNc2nnc(CNC3CC3)o2)C1. The first-order chi connectivity index (χ1) is 8.79. The molecule has 0 amide bonds. The van der Waals surface area contributed by atoms with E-state index in [9.17, 15) is 0 Å². The summed E-state index contributed by atoms with van der Waals surface area (Å²) < 4.78 is 5.55. The summed E-state index contributed by atoms with van der Waals surface area (Å²) in [7, 11) is 0. The van der Waals surface area contributed by atoms with E-state index in [1.54, 1.807) is 0 Å². The Bertz CT molecular complexity index is 388. The fourth-order valence-electron chi connectivity index (χ4n) is 2.66. The number of rotatable bonds is 6. The summed E-state index contributed by atoms with van der Waals surface area (Å²) >= 11 is 0. The first-order valence-electron chi connectivity index (χ1n) is 7.09. The molecule has 1 heterocycles. The maximum atomic E-state index is 5.55. The predicted octanol–water partition coefficient (Wildman–Crippen LogP) is 2.17. The molecule has 2 atom stereocenters. The summed E-state index contributed by atoms with van der Waals surface area (Å²) in [5.74, 6) is 2.32. The maximum Gasteiger partial charge on any atom is 0.315 e. The van der Waals surface area contributed by atoms with Crippen molar-refractivity contribution in [3.8, 4) is 0 Å². The Morgan fingerprint density at radius 1 is 1.22 bits per heavy atom. The van der Waals surface area contributed by atoms with Gasteiger partial charge in [-0.05, 0) is 37.5 Å². The van der Waals surface area contributed by atoms with Crippen LogP contribution in [0.5, 0.6) is 0 Å². The van der Waals surface area contributed by atoms with E-state index in [0.717, 1.165) is 18.4 Å². The Morgan fingerprint density at radius 2 is 2.11 bits per heavy atom. The van der Waals surface area contributed by atoms with E-state index in [4.69, 9.17) is 4.42 Å². The molecule has 5 nitrogen and oxygen atoms in total. The summed E-state index contributed by atoms with van der Waals surface area (Å²) in [6, 6.07) is 1.25. The molecule has 18 heavy (non-hydrogen) atoms. The van der Waals surface area contributed by atoms with Crippen LogP contribution in [0.25, 0.3) is 0 Å². The third kappa shape index (κ3) is 3.22. The van der Waals surface area contributed by atoms with Gasteiger partial charge in [0.15, 0.2) is 0 Å². The van der Waals surface area contributed by atoms with Crippen LogP contribution in [0.3, 0.4) is 0 Å². The molecule has 0 saturated heterocycles. The van der Waals surface area contributed by atoms with Gasteiger partial charge in [-0.1, -0.05) is 18.4 Å². The molecule has 2 N–H and O–H groups in total. The van der Waals surface area contributed by atoms with E-state index in [1.807, 2.05) is 0 Å². The molecule has 0 spiro atoms. The van der Waals surface area contributed by atoms with Crippen LogP contribution in [0.2, 0.25) is 0 Å². The van der Waals surface area contributed by atoms with Gasteiger partial charge in [-0.25, -0.2) is 0 Å².